The fourth-order valence-electron chi connectivity index (χ4n) is 3.50. The zero-order valence-electron chi connectivity index (χ0n) is 17.9. The van der Waals surface area contributed by atoms with Gasteiger partial charge in [0.05, 0.1) is 17.7 Å². The van der Waals surface area contributed by atoms with E-state index in [1.807, 2.05) is 42.5 Å². The maximum Gasteiger partial charge on any atom is 0.270 e. The molecule has 172 valence electrons. The number of anilines is 1. The smallest absolute Gasteiger partial charge is 0.270 e. The van der Waals surface area contributed by atoms with Crippen molar-refractivity contribution in [2.24, 2.45) is 0 Å². The van der Waals surface area contributed by atoms with Gasteiger partial charge in [-0.05, 0) is 53.6 Å². The van der Waals surface area contributed by atoms with Crippen molar-refractivity contribution in [2.45, 2.75) is 6.61 Å². The molecular formula is C25H18ClNO5S2. The van der Waals surface area contributed by atoms with Gasteiger partial charge in [0.15, 0.2) is 27.3 Å². The summed E-state index contributed by atoms with van der Waals surface area (Å²) in [5, 5.41) is 0.676. The molecule has 2 heterocycles. The largest absolute Gasteiger partial charge is 0.493 e. The van der Waals surface area contributed by atoms with Crippen molar-refractivity contribution in [1.29, 1.82) is 0 Å². The lowest BCUT2D eigenvalue weighted by Crippen LogP contribution is -2.27. The van der Waals surface area contributed by atoms with Crippen LogP contribution in [0.15, 0.2) is 65.6 Å². The topological polar surface area (TPSA) is 57.2 Å². The lowest BCUT2D eigenvalue weighted by Gasteiger charge is -2.14. The summed E-state index contributed by atoms with van der Waals surface area (Å²) in [6.07, 6.45) is 1.79. The molecule has 6 nitrogen and oxygen atoms in total. The number of hydrogen-bond donors (Lipinski definition) is 0. The zero-order chi connectivity index (χ0) is 23.7. The van der Waals surface area contributed by atoms with Crippen molar-refractivity contribution >= 4 is 57.6 Å². The van der Waals surface area contributed by atoms with E-state index in [1.54, 1.807) is 31.4 Å². The number of carbonyl (C=O) groups is 1. The third kappa shape index (κ3) is 4.57. The molecule has 2 aliphatic heterocycles. The highest BCUT2D eigenvalue weighted by Gasteiger charge is 2.34. The van der Waals surface area contributed by atoms with Gasteiger partial charge < -0.3 is 18.9 Å². The first-order valence-electron chi connectivity index (χ1n) is 10.2. The number of thioether (sulfide) groups is 1. The van der Waals surface area contributed by atoms with Crippen molar-refractivity contribution in [3.63, 3.8) is 0 Å². The molecule has 5 rings (SSSR count). The van der Waals surface area contributed by atoms with Crippen LogP contribution in [0.4, 0.5) is 5.69 Å². The van der Waals surface area contributed by atoms with Crippen LogP contribution >= 0.6 is 35.6 Å². The summed E-state index contributed by atoms with van der Waals surface area (Å²) in [6, 6.07) is 18.3. The Hall–Kier alpha value is -3.20. The fraction of sp³-hybridized carbons (Fsp3) is 0.120. The normalized spacial score (nSPS) is 15.8. The standard InChI is InChI=1S/C25H18ClNO5S2/c1-29-21-10-16(4-8-19(21)30-13-15-2-5-17(26)6-3-15)11-23-24(28)27(25(33)34-23)18-7-9-20-22(12-18)32-14-31-20/h2-12H,13-14H2,1H3/b23-11+. The van der Waals surface area contributed by atoms with Crippen LogP contribution in [0.1, 0.15) is 11.1 Å². The van der Waals surface area contributed by atoms with E-state index in [4.69, 9.17) is 42.8 Å². The summed E-state index contributed by atoms with van der Waals surface area (Å²) in [7, 11) is 1.58. The van der Waals surface area contributed by atoms with Crippen molar-refractivity contribution in [3.05, 3.63) is 81.7 Å². The number of carbonyl (C=O) groups excluding carboxylic acids is 1. The minimum atomic E-state index is -0.198. The number of ether oxygens (including phenoxy) is 4. The second-order valence-electron chi connectivity index (χ2n) is 7.38. The molecule has 0 saturated carbocycles. The first kappa shape index (κ1) is 22.6. The number of thiocarbonyl (C=S) groups is 1. The Bertz CT molecular complexity index is 1310. The number of fused-ring (bicyclic) bond motifs is 1. The van der Waals surface area contributed by atoms with E-state index in [2.05, 4.69) is 0 Å². The first-order valence-corrected chi connectivity index (χ1v) is 11.8. The monoisotopic (exact) mass is 511 g/mol. The third-order valence-electron chi connectivity index (χ3n) is 5.20. The van der Waals surface area contributed by atoms with Gasteiger partial charge in [-0.1, -0.05) is 53.8 Å². The van der Waals surface area contributed by atoms with Crippen molar-refractivity contribution in [2.75, 3.05) is 18.8 Å². The molecule has 34 heavy (non-hydrogen) atoms. The maximum atomic E-state index is 13.1. The second-order valence-corrected chi connectivity index (χ2v) is 9.49. The summed E-state index contributed by atoms with van der Waals surface area (Å²) in [5.41, 5.74) is 2.42. The average molecular weight is 512 g/mol. The molecule has 3 aromatic carbocycles. The second kappa shape index (κ2) is 9.58. The highest BCUT2D eigenvalue weighted by molar-refractivity contribution is 8.27. The molecule has 0 spiro atoms. The predicted octanol–water partition coefficient (Wildman–Crippen LogP) is 6.06. The summed E-state index contributed by atoms with van der Waals surface area (Å²) < 4.78 is 22.6. The Morgan fingerprint density at radius 3 is 2.65 bits per heavy atom. The lowest BCUT2D eigenvalue weighted by atomic mass is 10.1. The predicted molar refractivity (Wildman–Crippen MR) is 137 cm³/mol. The first-order chi connectivity index (χ1) is 16.5. The van der Waals surface area contributed by atoms with E-state index in [1.165, 1.54) is 16.7 Å². The molecule has 1 amide bonds. The number of rotatable bonds is 6. The SMILES string of the molecule is COc1cc(/C=C2/SC(=S)N(c3ccc4c(c3)OCO4)C2=O)ccc1OCc1ccc(Cl)cc1. The molecule has 0 radical (unpaired) electrons. The van der Waals surface area contributed by atoms with Gasteiger partial charge in [-0.25, -0.2) is 0 Å². The molecule has 3 aromatic rings. The van der Waals surface area contributed by atoms with Gasteiger partial charge >= 0.3 is 0 Å². The Labute approximate surface area is 211 Å². The van der Waals surface area contributed by atoms with Gasteiger partial charge in [0.25, 0.3) is 5.91 Å². The van der Waals surface area contributed by atoms with Crippen molar-refractivity contribution in [1.82, 2.24) is 0 Å². The molecule has 0 aromatic heterocycles. The zero-order valence-corrected chi connectivity index (χ0v) is 20.3. The summed E-state index contributed by atoms with van der Waals surface area (Å²) >= 11 is 12.7. The van der Waals surface area contributed by atoms with Crippen LogP contribution in [0.5, 0.6) is 23.0 Å². The van der Waals surface area contributed by atoms with E-state index in [9.17, 15) is 4.79 Å². The van der Waals surface area contributed by atoms with E-state index < -0.39 is 0 Å². The lowest BCUT2D eigenvalue weighted by molar-refractivity contribution is -0.113. The van der Waals surface area contributed by atoms with Crippen LogP contribution in [0, 0.1) is 0 Å². The number of hydrogen-bond acceptors (Lipinski definition) is 7. The van der Waals surface area contributed by atoms with Crippen molar-refractivity contribution < 1.29 is 23.7 Å². The molecule has 0 N–H and O–H groups in total. The minimum absolute atomic E-state index is 0.165. The Morgan fingerprint density at radius 1 is 1.06 bits per heavy atom. The third-order valence-corrected chi connectivity index (χ3v) is 6.76. The van der Waals surface area contributed by atoms with Gasteiger partial charge in [-0.15, -0.1) is 0 Å². The number of benzene rings is 3. The fourth-order valence-corrected chi connectivity index (χ4v) is 4.93. The summed E-state index contributed by atoms with van der Waals surface area (Å²) in [4.78, 5) is 15.1. The summed E-state index contributed by atoms with van der Waals surface area (Å²) in [5.74, 6) is 2.21. The highest BCUT2D eigenvalue weighted by Crippen LogP contribution is 2.41. The average Bonchev–Trinajstić information content (AvgIpc) is 3.42. The Kier molecular flexibility index (Phi) is 6.36. The molecular weight excluding hydrogens is 494 g/mol. The molecule has 9 heteroatoms. The molecule has 0 bridgehead atoms. The van der Waals surface area contributed by atoms with Crippen LogP contribution in [0.2, 0.25) is 5.02 Å². The molecule has 1 saturated heterocycles. The van der Waals surface area contributed by atoms with Crippen molar-refractivity contribution in [3.8, 4) is 23.0 Å². The Balaban J connectivity index is 1.34. The van der Waals surface area contributed by atoms with Crippen LogP contribution in [-0.2, 0) is 11.4 Å². The number of amides is 1. The van der Waals surface area contributed by atoms with Gasteiger partial charge in [-0.3, -0.25) is 9.69 Å². The van der Waals surface area contributed by atoms with Crippen LogP contribution in [0.3, 0.4) is 0 Å². The molecule has 1 fully saturated rings. The van der Waals surface area contributed by atoms with Crippen LogP contribution in [-0.4, -0.2) is 24.1 Å². The van der Waals surface area contributed by atoms with E-state index in [0.717, 1.165) is 11.1 Å². The minimum Gasteiger partial charge on any atom is -0.493 e. The Morgan fingerprint density at radius 2 is 1.85 bits per heavy atom. The van der Waals surface area contributed by atoms with Gasteiger partial charge in [-0.2, -0.15) is 0 Å². The molecule has 2 aliphatic rings. The molecule has 0 unspecified atom stereocenters. The number of methoxy groups -OCH3 is 1. The van der Waals surface area contributed by atoms with E-state index >= 15 is 0 Å². The molecule has 0 aliphatic carbocycles. The van der Waals surface area contributed by atoms with Gasteiger partial charge in [0, 0.05) is 11.1 Å². The van der Waals surface area contributed by atoms with Crippen LogP contribution in [0.25, 0.3) is 6.08 Å². The number of halogens is 1. The van der Waals surface area contributed by atoms with E-state index in [0.29, 0.717) is 49.5 Å². The van der Waals surface area contributed by atoms with Crippen LogP contribution < -0.4 is 23.8 Å². The molecule has 0 atom stereocenters. The van der Waals surface area contributed by atoms with Gasteiger partial charge in [0.2, 0.25) is 6.79 Å². The quantitative estimate of drug-likeness (QED) is 0.294. The van der Waals surface area contributed by atoms with Gasteiger partial charge in [0.1, 0.15) is 6.61 Å². The summed E-state index contributed by atoms with van der Waals surface area (Å²) in [6.45, 7) is 0.541. The highest BCUT2D eigenvalue weighted by atomic mass is 35.5. The maximum absolute atomic E-state index is 13.1. The van der Waals surface area contributed by atoms with E-state index in [-0.39, 0.29) is 12.7 Å². The number of nitrogens with zero attached hydrogens (tertiary/aromatic N) is 1.